The number of hydrogen-bond acceptors (Lipinski definition) is 4. The van der Waals surface area contributed by atoms with Crippen LogP contribution in [-0.4, -0.2) is 23.3 Å². The van der Waals surface area contributed by atoms with Crippen molar-refractivity contribution in [2.24, 2.45) is 5.92 Å². The molecular formula is C16H18O4. The largest absolute Gasteiger partial charge is 0.508 e. The van der Waals surface area contributed by atoms with Crippen LogP contribution in [-0.2, 0) is 20.7 Å². The zero-order chi connectivity index (χ0) is 14.2. The highest BCUT2D eigenvalue weighted by Crippen LogP contribution is 2.43. The second-order valence-electron chi connectivity index (χ2n) is 5.54. The van der Waals surface area contributed by atoms with Crippen LogP contribution in [0, 0.1) is 5.92 Å². The number of ketones is 1. The number of hydrogen-bond donors (Lipinski definition) is 1. The van der Waals surface area contributed by atoms with E-state index >= 15 is 0 Å². The van der Waals surface area contributed by atoms with Crippen molar-refractivity contribution in [3.05, 3.63) is 41.7 Å². The molecule has 0 spiro atoms. The normalized spacial score (nSPS) is 26.6. The Morgan fingerprint density at radius 1 is 1.35 bits per heavy atom. The van der Waals surface area contributed by atoms with Gasteiger partial charge in [-0.05, 0) is 36.5 Å². The number of benzene rings is 1. The highest BCUT2D eigenvalue weighted by molar-refractivity contribution is 5.91. The minimum absolute atomic E-state index is 0.109. The molecule has 0 amide bonds. The van der Waals surface area contributed by atoms with Crippen molar-refractivity contribution in [1.82, 2.24) is 0 Å². The van der Waals surface area contributed by atoms with Crippen molar-refractivity contribution in [3.8, 4) is 5.75 Å². The molecule has 1 aliphatic heterocycles. The second kappa shape index (κ2) is 4.94. The van der Waals surface area contributed by atoms with Crippen molar-refractivity contribution in [3.63, 3.8) is 0 Å². The van der Waals surface area contributed by atoms with Gasteiger partial charge in [-0.3, -0.25) is 4.79 Å². The van der Waals surface area contributed by atoms with E-state index in [-0.39, 0.29) is 24.2 Å². The van der Waals surface area contributed by atoms with E-state index in [1.807, 2.05) is 12.1 Å². The van der Waals surface area contributed by atoms with E-state index in [1.165, 1.54) is 0 Å². The molecule has 1 heterocycles. The van der Waals surface area contributed by atoms with E-state index in [0.29, 0.717) is 18.6 Å². The monoisotopic (exact) mass is 274 g/mol. The maximum Gasteiger partial charge on any atom is 0.189 e. The molecule has 0 saturated carbocycles. The van der Waals surface area contributed by atoms with Crippen molar-refractivity contribution in [1.29, 1.82) is 0 Å². The van der Waals surface area contributed by atoms with E-state index in [1.54, 1.807) is 18.2 Å². The number of ether oxygens (including phenoxy) is 2. The Morgan fingerprint density at radius 2 is 2.10 bits per heavy atom. The molecule has 0 bridgehead atoms. The van der Waals surface area contributed by atoms with E-state index in [2.05, 4.69) is 6.92 Å². The first-order chi connectivity index (χ1) is 9.60. The van der Waals surface area contributed by atoms with Crippen LogP contribution in [0.4, 0.5) is 0 Å². The molecule has 4 heteroatoms. The number of carbonyl (C=O) groups excluding carboxylic acids is 1. The summed E-state index contributed by atoms with van der Waals surface area (Å²) in [5.74, 6) is 1.26. The van der Waals surface area contributed by atoms with Gasteiger partial charge in [-0.2, -0.15) is 0 Å². The molecule has 1 aliphatic carbocycles. The lowest BCUT2D eigenvalue weighted by Crippen LogP contribution is -2.41. The summed E-state index contributed by atoms with van der Waals surface area (Å²) < 4.78 is 11.3. The Labute approximate surface area is 118 Å². The van der Waals surface area contributed by atoms with Crippen molar-refractivity contribution in [2.45, 2.75) is 31.8 Å². The molecule has 4 nitrogen and oxygen atoms in total. The van der Waals surface area contributed by atoms with Crippen molar-refractivity contribution >= 4 is 5.78 Å². The van der Waals surface area contributed by atoms with Crippen molar-refractivity contribution < 1.29 is 19.4 Å². The lowest BCUT2D eigenvalue weighted by atomic mass is 9.76. The van der Waals surface area contributed by atoms with Crippen LogP contribution in [0.15, 0.2) is 36.1 Å². The zero-order valence-corrected chi connectivity index (χ0v) is 11.5. The molecular weight excluding hydrogens is 256 g/mol. The second-order valence-corrected chi connectivity index (χ2v) is 5.54. The average molecular weight is 274 g/mol. The van der Waals surface area contributed by atoms with Gasteiger partial charge >= 0.3 is 0 Å². The molecule has 2 aliphatic rings. The van der Waals surface area contributed by atoms with E-state index in [0.717, 1.165) is 12.0 Å². The van der Waals surface area contributed by atoms with Crippen LogP contribution in [0.2, 0.25) is 0 Å². The van der Waals surface area contributed by atoms with Crippen LogP contribution in [0.3, 0.4) is 0 Å². The Balaban J connectivity index is 1.82. The molecule has 0 radical (unpaired) electrons. The van der Waals surface area contributed by atoms with Gasteiger partial charge in [0.25, 0.3) is 0 Å². The van der Waals surface area contributed by atoms with E-state index in [4.69, 9.17) is 9.47 Å². The van der Waals surface area contributed by atoms with Gasteiger partial charge in [0.2, 0.25) is 0 Å². The lowest BCUT2D eigenvalue weighted by Gasteiger charge is -2.35. The van der Waals surface area contributed by atoms with Crippen LogP contribution in [0.1, 0.15) is 25.3 Å². The highest BCUT2D eigenvalue weighted by Gasteiger charge is 2.48. The quantitative estimate of drug-likeness (QED) is 0.920. The van der Waals surface area contributed by atoms with Gasteiger partial charge in [0.05, 0.1) is 0 Å². The Kier molecular flexibility index (Phi) is 3.26. The van der Waals surface area contributed by atoms with Crippen LogP contribution in [0.5, 0.6) is 5.75 Å². The molecule has 20 heavy (non-hydrogen) atoms. The molecule has 2 atom stereocenters. The predicted molar refractivity (Wildman–Crippen MR) is 73.1 cm³/mol. The Hall–Kier alpha value is -1.81. The number of phenols is 1. The average Bonchev–Trinajstić information content (AvgIpc) is 2.85. The molecule has 1 N–H and O–H groups in total. The summed E-state index contributed by atoms with van der Waals surface area (Å²) in [7, 11) is 0. The first kappa shape index (κ1) is 13.2. The molecule has 1 aromatic rings. The van der Waals surface area contributed by atoms with Gasteiger partial charge in [0.15, 0.2) is 12.6 Å². The molecule has 0 aromatic heterocycles. The van der Waals surface area contributed by atoms with Gasteiger partial charge in [-0.25, -0.2) is 0 Å². The Bertz CT molecular complexity index is 546. The molecule has 1 aromatic carbocycles. The molecule has 106 valence electrons. The third kappa shape index (κ3) is 2.20. The van der Waals surface area contributed by atoms with E-state index < -0.39 is 5.60 Å². The fourth-order valence-electron chi connectivity index (χ4n) is 3.06. The maximum atomic E-state index is 11.5. The number of carbonyl (C=O) groups is 1. The molecule has 1 saturated heterocycles. The number of phenolic OH excluding ortho intramolecular Hbond substituents is 1. The van der Waals surface area contributed by atoms with Crippen LogP contribution in [0.25, 0.3) is 0 Å². The summed E-state index contributed by atoms with van der Waals surface area (Å²) in [6.07, 6.45) is 3.59. The first-order valence-corrected chi connectivity index (χ1v) is 6.90. The fraction of sp³-hybridized carbons (Fsp3) is 0.438. The summed E-state index contributed by atoms with van der Waals surface area (Å²) >= 11 is 0. The SMILES string of the molecule is CC(Cc1ccc(O)cc1)[C@]12CCC(=O)C=C1OCO2. The van der Waals surface area contributed by atoms with Gasteiger partial charge < -0.3 is 14.6 Å². The number of allylic oxidation sites excluding steroid dienone is 1. The Morgan fingerprint density at radius 3 is 2.85 bits per heavy atom. The van der Waals surface area contributed by atoms with Crippen LogP contribution < -0.4 is 0 Å². The number of rotatable bonds is 3. The number of fused-ring (bicyclic) bond motifs is 1. The first-order valence-electron chi connectivity index (χ1n) is 6.90. The minimum Gasteiger partial charge on any atom is -0.508 e. The van der Waals surface area contributed by atoms with Gasteiger partial charge in [-0.1, -0.05) is 19.1 Å². The predicted octanol–water partition coefficient (Wildman–Crippen LogP) is 2.56. The maximum absolute atomic E-state index is 11.5. The molecule has 3 rings (SSSR count). The minimum atomic E-state index is -0.466. The van der Waals surface area contributed by atoms with Crippen molar-refractivity contribution in [2.75, 3.05) is 6.79 Å². The summed E-state index contributed by atoms with van der Waals surface area (Å²) in [5, 5.41) is 9.33. The van der Waals surface area contributed by atoms with Gasteiger partial charge in [0.1, 0.15) is 17.1 Å². The van der Waals surface area contributed by atoms with Gasteiger partial charge in [-0.15, -0.1) is 0 Å². The third-order valence-corrected chi connectivity index (χ3v) is 4.26. The molecule has 1 unspecified atom stereocenters. The summed E-state index contributed by atoms with van der Waals surface area (Å²) in [5.41, 5.74) is 0.669. The lowest BCUT2D eigenvalue weighted by molar-refractivity contribution is -0.117. The highest BCUT2D eigenvalue weighted by atomic mass is 16.7. The number of aromatic hydroxyl groups is 1. The third-order valence-electron chi connectivity index (χ3n) is 4.26. The topological polar surface area (TPSA) is 55.8 Å². The molecule has 1 fully saturated rings. The smallest absolute Gasteiger partial charge is 0.189 e. The van der Waals surface area contributed by atoms with Gasteiger partial charge in [0, 0.05) is 12.5 Å². The summed E-state index contributed by atoms with van der Waals surface area (Å²) in [6, 6.07) is 7.20. The van der Waals surface area contributed by atoms with E-state index in [9.17, 15) is 9.90 Å². The standard InChI is InChI=1S/C16H18O4/c1-11(8-12-2-4-13(17)5-3-12)16-7-6-14(18)9-15(16)19-10-20-16/h2-5,9,11,17H,6-8,10H2,1H3/t11?,16-/m1/s1. The fourth-order valence-corrected chi connectivity index (χ4v) is 3.06. The van der Waals surface area contributed by atoms with Crippen LogP contribution >= 0.6 is 0 Å². The zero-order valence-electron chi connectivity index (χ0n) is 11.5. The summed E-state index contributed by atoms with van der Waals surface area (Å²) in [4.78, 5) is 11.5. The summed E-state index contributed by atoms with van der Waals surface area (Å²) in [6.45, 7) is 2.34.